The van der Waals surface area contributed by atoms with E-state index in [4.69, 9.17) is 14.8 Å². The second-order valence-corrected chi connectivity index (χ2v) is 2.06. The van der Waals surface area contributed by atoms with E-state index in [0.29, 0.717) is 0 Å². The fourth-order valence-electron chi connectivity index (χ4n) is 0. The zero-order valence-electron chi connectivity index (χ0n) is 2.86. The SMILES string of the molecule is [Fe+2].[Mn+2].[O-][Ti]([O-])([O-])[O-]. The fourth-order valence-corrected chi connectivity index (χ4v) is 0. The normalized spacial score (nSPS) is 8.57. The Morgan fingerprint density at radius 3 is 0.857 bits per heavy atom. The van der Waals surface area contributed by atoms with Gasteiger partial charge in [-0.3, -0.25) is 0 Å². The molecule has 0 aromatic carbocycles. The Morgan fingerprint density at radius 2 is 0.857 bits per heavy atom. The molecule has 0 N–H and O–H groups in total. The number of hydrogen-bond acceptors (Lipinski definition) is 4. The van der Waals surface area contributed by atoms with E-state index in [-0.39, 0.29) is 34.1 Å². The summed E-state index contributed by atoms with van der Waals surface area (Å²) in [5, 5.41) is 0. The average molecular weight is 223 g/mol. The first-order valence-corrected chi connectivity index (χ1v) is 3.37. The molecule has 0 amide bonds. The van der Waals surface area contributed by atoms with Crippen LogP contribution in [0.5, 0.6) is 0 Å². The molecule has 43 valence electrons. The number of hydrogen-bond donors (Lipinski definition) is 0. The van der Waals surface area contributed by atoms with Crippen molar-refractivity contribution in [3.8, 4) is 0 Å². The van der Waals surface area contributed by atoms with Crippen LogP contribution in [0.15, 0.2) is 0 Å². The van der Waals surface area contributed by atoms with Gasteiger partial charge in [-0.15, -0.1) is 0 Å². The van der Waals surface area contributed by atoms with Crippen molar-refractivity contribution in [2.45, 2.75) is 0 Å². The third-order valence-electron chi connectivity index (χ3n) is 0. The molecule has 0 saturated carbocycles. The van der Waals surface area contributed by atoms with Crippen molar-refractivity contribution in [2.24, 2.45) is 0 Å². The van der Waals surface area contributed by atoms with Gasteiger partial charge < -0.3 is 0 Å². The van der Waals surface area contributed by atoms with Gasteiger partial charge in [-0.1, -0.05) is 0 Å². The molecule has 4 nitrogen and oxygen atoms in total. The van der Waals surface area contributed by atoms with Gasteiger partial charge in [0.25, 0.3) is 0 Å². The van der Waals surface area contributed by atoms with Crippen LogP contribution in [0.25, 0.3) is 0 Å². The summed E-state index contributed by atoms with van der Waals surface area (Å²) >= 11 is -6.00. The molecule has 7 heteroatoms. The quantitative estimate of drug-likeness (QED) is 0.385. The van der Waals surface area contributed by atoms with Crippen LogP contribution in [0.3, 0.4) is 0 Å². The summed E-state index contributed by atoms with van der Waals surface area (Å²) < 4.78 is 34.5. The van der Waals surface area contributed by atoms with Crippen molar-refractivity contribution in [1.29, 1.82) is 0 Å². The van der Waals surface area contributed by atoms with Gasteiger partial charge in [0, 0.05) is 0 Å². The van der Waals surface area contributed by atoms with Crippen LogP contribution in [0.1, 0.15) is 0 Å². The van der Waals surface area contributed by atoms with Crippen molar-refractivity contribution < 1.29 is 67.0 Å². The molecule has 0 aliphatic rings. The summed E-state index contributed by atoms with van der Waals surface area (Å²) in [5.41, 5.74) is 0. The van der Waals surface area contributed by atoms with E-state index in [9.17, 15) is 0 Å². The van der Waals surface area contributed by atoms with Gasteiger partial charge in [-0.25, -0.2) is 0 Å². The second-order valence-electron chi connectivity index (χ2n) is 0.500. The van der Waals surface area contributed by atoms with E-state index in [1.807, 2.05) is 0 Å². The zero-order valence-corrected chi connectivity index (χ0v) is 6.71. The Bertz CT molecular complexity index is 27.2. The molecule has 0 aromatic rings. The minimum absolute atomic E-state index is 0. The van der Waals surface area contributed by atoms with Crippen molar-refractivity contribution in [1.82, 2.24) is 0 Å². The molecule has 0 saturated heterocycles. The Hall–Kier alpha value is 1.59. The third kappa shape index (κ3) is 93.6. The first-order valence-electron chi connectivity index (χ1n) is 0.816. The topological polar surface area (TPSA) is 92.2 Å². The van der Waals surface area contributed by atoms with Crippen LogP contribution in [0, 0.1) is 0 Å². The first-order chi connectivity index (χ1) is 2.00. The van der Waals surface area contributed by atoms with Crippen molar-refractivity contribution in [2.75, 3.05) is 0 Å². The van der Waals surface area contributed by atoms with Crippen LogP contribution in [-0.2, 0) is 52.3 Å². The van der Waals surface area contributed by atoms with E-state index >= 15 is 0 Å². The second kappa shape index (κ2) is 5.72. The standard InChI is InChI=1S/Fe.Mn.4O.Ti/q2*+2;4*-1;. The van der Waals surface area contributed by atoms with Crippen LogP contribution in [0.2, 0.25) is 0 Å². The first kappa shape index (κ1) is 15.8. The van der Waals surface area contributed by atoms with Crippen LogP contribution in [-0.4, -0.2) is 0 Å². The van der Waals surface area contributed by atoms with Crippen LogP contribution in [0.4, 0.5) is 0 Å². The Balaban J connectivity index is -0.0000000800. The predicted octanol–water partition coefficient (Wildman–Crippen LogP) is -4.76. The van der Waals surface area contributed by atoms with Crippen LogP contribution >= 0.6 is 0 Å². The molecule has 0 rings (SSSR count). The van der Waals surface area contributed by atoms with Crippen LogP contribution < -0.4 is 14.8 Å². The summed E-state index contributed by atoms with van der Waals surface area (Å²) in [6.07, 6.45) is 0. The molecule has 0 spiro atoms. The summed E-state index contributed by atoms with van der Waals surface area (Å²) in [6, 6.07) is 0. The molecule has 0 unspecified atom stereocenters. The molecule has 0 aromatic heterocycles. The Labute approximate surface area is 66.8 Å². The molecule has 0 aliphatic carbocycles. The molecule has 1 radical (unpaired) electrons. The van der Waals surface area contributed by atoms with E-state index in [1.165, 1.54) is 0 Å². The van der Waals surface area contributed by atoms with Gasteiger partial charge in [0.1, 0.15) is 0 Å². The maximum atomic E-state index is 8.62. The molecule has 0 aliphatic heterocycles. The van der Waals surface area contributed by atoms with Crippen molar-refractivity contribution in [3.05, 3.63) is 0 Å². The van der Waals surface area contributed by atoms with E-state index in [1.54, 1.807) is 0 Å². The summed E-state index contributed by atoms with van der Waals surface area (Å²) in [7, 11) is 0. The zero-order chi connectivity index (χ0) is 4.50. The monoisotopic (exact) mass is 223 g/mol. The summed E-state index contributed by atoms with van der Waals surface area (Å²) in [4.78, 5) is 0. The predicted molar refractivity (Wildman–Crippen MR) is 0 cm³/mol. The van der Waals surface area contributed by atoms with Crippen molar-refractivity contribution >= 4 is 0 Å². The number of rotatable bonds is 0. The van der Waals surface area contributed by atoms with E-state index in [0.717, 1.165) is 0 Å². The van der Waals surface area contributed by atoms with E-state index < -0.39 is 18.1 Å². The molecule has 7 heavy (non-hydrogen) atoms. The van der Waals surface area contributed by atoms with Gasteiger partial charge in [-0.2, -0.15) is 0 Å². The molecule has 0 bridgehead atoms. The Kier molecular flexibility index (Phi) is 13.0. The average Bonchev–Trinajstić information content (AvgIpc) is 0.722. The third-order valence-corrected chi connectivity index (χ3v) is 0. The maximum absolute atomic E-state index is 8.62. The summed E-state index contributed by atoms with van der Waals surface area (Å²) in [5.74, 6) is 0. The molecule has 0 atom stereocenters. The molecule has 0 fully saturated rings. The minimum atomic E-state index is -6.00. The van der Waals surface area contributed by atoms with Gasteiger partial charge in [0.15, 0.2) is 0 Å². The summed E-state index contributed by atoms with van der Waals surface area (Å²) in [6.45, 7) is 0. The van der Waals surface area contributed by atoms with Crippen molar-refractivity contribution in [3.63, 3.8) is 0 Å². The van der Waals surface area contributed by atoms with Gasteiger partial charge in [0.05, 0.1) is 0 Å². The van der Waals surface area contributed by atoms with E-state index in [2.05, 4.69) is 0 Å². The van der Waals surface area contributed by atoms with Gasteiger partial charge in [0.2, 0.25) is 0 Å². The molecule has 0 heterocycles. The molecular formula is FeMnO4Ti. The molecular weight excluding hydrogens is 223 g/mol. The van der Waals surface area contributed by atoms with Gasteiger partial charge >= 0.3 is 67.0 Å². The Morgan fingerprint density at radius 1 is 0.857 bits per heavy atom. The fraction of sp³-hybridized carbons (Fsp3) is 0. The van der Waals surface area contributed by atoms with Gasteiger partial charge in [-0.05, 0) is 0 Å².